The summed E-state index contributed by atoms with van der Waals surface area (Å²) in [5, 5.41) is 14.3. The number of urea groups is 1. The Hall–Kier alpha value is -2.38. The summed E-state index contributed by atoms with van der Waals surface area (Å²) in [6.45, 7) is 0.733. The molecule has 0 bridgehead atoms. The summed E-state index contributed by atoms with van der Waals surface area (Å²) in [4.78, 5) is 30.9. The van der Waals surface area contributed by atoms with Crippen molar-refractivity contribution in [2.45, 2.75) is 0 Å². The van der Waals surface area contributed by atoms with Crippen LogP contribution in [-0.2, 0) is 0 Å². The highest BCUT2D eigenvalue weighted by Crippen LogP contribution is 2.08. The van der Waals surface area contributed by atoms with E-state index in [0.29, 0.717) is 13.1 Å². The Kier molecular flexibility index (Phi) is 4.85. The van der Waals surface area contributed by atoms with Crippen molar-refractivity contribution in [3.8, 4) is 0 Å². The number of amides is 2. The number of carboxylic acids is 1. The van der Waals surface area contributed by atoms with Gasteiger partial charge < -0.3 is 20.6 Å². The van der Waals surface area contributed by atoms with Gasteiger partial charge in [-0.05, 0) is 0 Å². The molecule has 0 fully saturated rings. The number of hydrogen-bond acceptors (Lipinski definition) is 5. The van der Waals surface area contributed by atoms with Crippen molar-refractivity contribution in [1.82, 2.24) is 20.2 Å². The first-order chi connectivity index (χ1) is 8.52. The van der Waals surface area contributed by atoms with Crippen LogP contribution in [0.5, 0.6) is 0 Å². The molecule has 2 amide bonds. The highest BCUT2D eigenvalue weighted by molar-refractivity contribution is 5.92. The molecule has 0 unspecified atom stereocenters. The van der Waals surface area contributed by atoms with Crippen molar-refractivity contribution in [2.75, 3.05) is 32.5 Å². The monoisotopic (exact) mass is 253 g/mol. The smallest absolute Gasteiger partial charge is 0.341 e. The molecule has 3 N–H and O–H groups in total. The molecule has 0 aliphatic heterocycles. The lowest BCUT2D eigenvalue weighted by atomic mass is 10.3. The van der Waals surface area contributed by atoms with Crippen LogP contribution in [0.25, 0.3) is 0 Å². The van der Waals surface area contributed by atoms with Gasteiger partial charge in [0, 0.05) is 33.4 Å². The van der Waals surface area contributed by atoms with E-state index in [-0.39, 0.29) is 17.4 Å². The van der Waals surface area contributed by atoms with E-state index < -0.39 is 5.97 Å². The molecular formula is C10H15N5O3. The quantitative estimate of drug-likeness (QED) is 0.630. The molecule has 98 valence electrons. The number of aromatic carboxylic acids is 1. The van der Waals surface area contributed by atoms with Crippen molar-refractivity contribution >= 4 is 17.8 Å². The first-order valence-corrected chi connectivity index (χ1v) is 5.24. The molecule has 1 rings (SSSR count). The Morgan fingerprint density at radius 3 is 2.72 bits per heavy atom. The first kappa shape index (κ1) is 13.7. The van der Waals surface area contributed by atoms with Crippen molar-refractivity contribution in [3.63, 3.8) is 0 Å². The Morgan fingerprint density at radius 2 is 2.11 bits per heavy atom. The molecule has 0 aliphatic carbocycles. The van der Waals surface area contributed by atoms with Gasteiger partial charge in [0.25, 0.3) is 0 Å². The summed E-state index contributed by atoms with van der Waals surface area (Å²) in [6.07, 6.45) is 2.48. The topological polar surface area (TPSA) is 107 Å². The lowest BCUT2D eigenvalue weighted by Crippen LogP contribution is -2.37. The van der Waals surface area contributed by atoms with E-state index >= 15 is 0 Å². The predicted molar refractivity (Wildman–Crippen MR) is 64.6 cm³/mol. The maximum Gasteiger partial charge on any atom is 0.341 e. The second-order valence-corrected chi connectivity index (χ2v) is 3.64. The van der Waals surface area contributed by atoms with Gasteiger partial charge in [-0.1, -0.05) is 0 Å². The number of hydrogen-bond donors (Lipinski definition) is 3. The lowest BCUT2D eigenvalue weighted by Gasteiger charge is -2.12. The van der Waals surface area contributed by atoms with Crippen LogP contribution in [0.1, 0.15) is 10.4 Å². The Labute approximate surface area is 104 Å². The zero-order valence-corrected chi connectivity index (χ0v) is 10.2. The molecule has 8 heteroatoms. The van der Waals surface area contributed by atoms with Gasteiger partial charge in [0.2, 0.25) is 0 Å². The molecule has 0 aromatic carbocycles. The number of nitrogens with zero attached hydrogens (tertiary/aromatic N) is 3. The lowest BCUT2D eigenvalue weighted by molar-refractivity contribution is 0.0697. The molecule has 1 aromatic heterocycles. The minimum Gasteiger partial charge on any atom is -0.477 e. The highest BCUT2D eigenvalue weighted by atomic mass is 16.4. The Morgan fingerprint density at radius 1 is 1.39 bits per heavy atom. The van der Waals surface area contributed by atoms with Crippen LogP contribution in [0.4, 0.5) is 10.6 Å². The van der Waals surface area contributed by atoms with Crippen LogP contribution in [0.15, 0.2) is 12.5 Å². The summed E-state index contributed by atoms with van der Waals surface area (Å²) in [7, 11) is 3.27. The largest absolute Gasteiger partial charge is 0.477 e. The van der Waals surface area contributed by atoms with Gasteiger partial charge >= 0.3 is 12.0 Å². The molecule has 0 atom stereocenters. The zero-order valence-electron chi connectivity index (χ0n) is 10.2. The number of aromatic nitrogens is 2. The first-order valence-electron chi connectivity index (χ1n) is 5.24. The van der Waals surface area contributed by atoms with Crippen LogP contribution >= 0.6 is 0 Å². The van der Waals surface area contributed by atoms with E-state index in [1.165, 1.54) is 17.4 Å². The molecule has 0 saturated carbocycles. The van der Waals surface area contributed by atoms with E-state index in [0.717, 1.165) is 0 Å². The van der Waals surface area contributed by atoms with E-state index in [1.807, 2.05) is 0 Å². The van der Waals surface area contributed by atoms with Crippen LogP contribution in [0, 0.1) is 0 Å². The molecule has 8 nitrogen and oxygen atoms in total. The highest BCUT2D eigenvalue weighted by Gasteiger charge is 2.10. The second kappa shape index (κ2) is 6.38. The fourth-order valence-corrected chi connectivity index (χ4v) is 1.14. The molecular weight excluding hydrogens is 238 g/mol. The number of rotatable bonds is 5. The SMILES string of the molecule is CN(C)C(=O)NCCNc1ncncc1C(=O)O. The van der Waals surface area contributed by atoms with Crippen molar-refractivity contribution in [1.29, 1.82) is 0 Å². The van der Waals surface area contributed by atoms with E-state index in [9.17, 15) is 9.59 Å². The average Bonchev–Trinajstić information content (AvgIpc) is 2.34. The number of anilines is 1. The fraction of sp³-hybridized carbons (Fsp3) is 0.400. The van der Waals surface area contributed by atoms with E-state index in [4.69, 9.17) is 5.11 Å². The van der Waals surface area contributed by atoms with Gasteiger partial charge in [-0.25, -0.2) is 19.6 Å². The second-order valence-electron chi connectivity index (χ2n) is 3.64. The molecule has 0 aliphatic rings. The predicted octanol–water partition coefficient (Wildman–Crippen LogP) is -0.142. The molecule has 0 radical (unpaired) electrons. The minimum absolute atomic E-state index is 0.00330. The van der Waals surface area contributed by atoms with Crippen molar-refractivity contribution in [3.05, 3.63) is 18.1 Å². The Bertz CT molecular complexity index is 435. The fourth-order valence-electron chi connectivity index (χ4n) is 1.14. The normalized spacial score (nSPS) is 9.67. The maximum absolute atomic E-state index is 11.2. The van der Waals surface area contributed by atoms with Gasteiger partial charge in [-0.15, -0.1) is 0 Å². The third-order valence-corrected chi connectivity index (χ3v) is 2.04. The van der Waals surface area contributed by atoms with Gasteiger partial charge in [0.15, 0.2) is 0 Å². The van der Waals surface area contributed by atoms with Crippen LogP contribution < -0.4 is 10.6 Å². The summed E-state index contributed by atoms with van der Waals surface area (Å²) in [6, 6.07) is -0.210. The number of carbonyl (C=O) groups is 2. The van der Waals surface area contributed by atoms with E-state index in [2.05, 4.69) is 20.6 Å². The Balaban J connectivity index is 2.45. The molecule has 1 heterocycles. The average molecular weight is 253 g/mol. The summed E-state index contributed by atoms with van der Waals surface area (Å²) < 4.78 is 0. The third kappa shape index (κ3) is 3.89. The standard InChI is InChI=1S/C10H15N5O3/c1-15(2)10(18)13-4-3-12-8-7(9(16)17)5-11-6-14-8/h5-6H,3-4H2,1-2H3,(H,13,18)(H,16,17)(H,11,12,14). The molecule has 0 spiro atoms. The zero-order chi connectivity index (χ0) is 13.5. The minimum atomic E-state index is -1.10. The van der Waals surface area contributed by atoms with Crippen molar-refractivity contribution < 1.29 is 14.7 Å². The summed E-state index contributed by atoms with van der Waals surface area (Å²) in [5.74, 6) is -0.868. The maximum atomic E-state index is 11.2. The van der Waals surface area contributed by atoms with Gasteiger partial charge in [0.1, 0.15) is 17.7 Å². The summed E-state index contributed by atoms with van der Waals surface area (Å²) in [5.41, 5.74) is -0.00330. The van der Waals surface area contributed by atoms with Gasteiger partial charge in [0.05, 0.1) is 0 Å². The van der Waals surface area contributed by atoms with E-state index in [1.54, 1.807) is 14.1 Å². The number of nitrogens with one attached hydrogen (secondary N) is 2. The molecule has 1 aromatic rings. The van der Waals surface area contributed by atoms with Crippen LogP contribution in [-0.4, -0.2) is 59.2 Å². The number of carbonyl (C=O) groups excluding carboxylic acids is 1. The molecule has 18 heavy (non-hydrogen) atoms. The van der Waals surface area contributed by atoms with Gasteiger partial charge in [-0.3, -0.25) is 0 Å². The van der Waals surface area contributed by atoms with Crippen LogP contribution in [0.2, 0.25) is 0 Å². The van der Waals surface area contributed by atoms with Gasteiger partial charge in [-0.2, -0.15) is 0 Å². The summed E-state index contributed by atoms with van der Waals surface area (Å²) >= 11 is 0. The number of carboxylic acid groups (broad SMARTS) is 1. The van der Waals surface area contributed by atoms with Crippen LogP contribution in [0.3, 0.4) is 0 Å². The molecule has 0 saturated heterocycles. The van der Waals surface area contributed by atoms with Crippen molar-refractivity contribution in [2.24, 2.45) is 0 Å². The third-order valence-electron chi connectivity index (χ3n) is 2.04.